The number of hydrogen-bond donors (Lipinski definition) is 2. The molecule has 1 heterocycles. The Labute approximate surface area is 90.1 Å². The zero-order chi connectivity index (χ0) is 10.5. The van der Waals surface area contributed by atoms with Gasteiger partial charge in [-0.2, -0.15) is 0 Å². The first kappa shape index (κ1) is 10.3. The standard InChI is InChI=1S/C12H17NO2/c14-12-5-1-3-11(9-12)13-10-4-2-7-15-8-6-10/h1,3,5,9-10,13-14H,2,4,6-8H2. The molecule has 1 atom stereocenters. The van der Waals surface area contributed by atoms with Crippen molar-refractivity contribution in [3.63, 3.8) is 0 Å². The minimum absolute atomic E-state index is 0.310. The highest BCUT2D eigenvalue weighted by Crippen LogP contribution is 2.19. The highest BCUT2D eigenvalue weighted by molar-refractivity contribution is 5.48. The molecule has 3 heteroatoms. The first-order valence-corrected chi connectivity index (χ1v) is 5.48. The minimum Gasteiger partial charge on any atom is -0.508 e. The number of phenolic OH excluding ortho intramolecular Hbond substituents is 1. The van der Waals surface area contributed by atoms with Crippen molar-refractivity contribution in [3.05, 3.63) is 24.3 Å². The van der Waals surface area contributed by atoms with Gasteiger partial charge in [0.15, 0.2) is 0 Å². The fourth-order valence-electron chi connectivity index (χ4n) is 1.88. The van der Waals surface area contributed by atoms with Crippen LogP contribution in [0.15, 0.2) is 24.3 Å². The van der Waals surface area contributed by atoms with Crippen molar-refractivity contribution < 1.29 is 9.84 Å². The Morgan fingerprint density at radius 3 is 3.07 bits per heavy atom. The van der Waals surface area contributed by atoms with E-state index in [1.165, 1.54) is 0 Å². The van der Waals surface area contributed by atoms with Crippen LogP contribution in [0, 0.1) is 0 Å². The molecule has 2 rings (SSSR count). The van der Waals surface area contributed by atoms with Crippen LogP contribution in [0.25, 0.3) is 0 Å². The van der Waals surface area contributed by atoms with E-state index in [-0.39, 0.29) is 0 Å². The molecule has 1 fully saturated rings. The van der Waals surface area contributed by atoms with Crippen molar-refractivity contribution in [2.45, 2.75) is 25.3 Å². The molecule has 3 nitrogen and oxygen atoms in total. The molecule has 1 aromatic rings. The first-order chi connectivity index (χ1) is 7.34. The Bertz CT molecular complexity index is 306. The van der Waals surface area contributed by atoms with Crippen LogP contribution in [0.5, 0.6) is 5.75 Å². The Morgan fingerprint density at radius 1 is 1.27 bits per heavy atom. The van der Waals surface area contributed by atoms with Gasteiger partial charge in [-0.15, -0.1) is 0 Å². The molecule has 1 saturated heterocycles. The fourth-order valence-corrected chi connectivity index (χ4v) is 1.88. The summed E-state index contributed by atoms with van der Waals surface area (Å²) in [6.45, 7) is 1.70. The third kappa shape index (κ3) is 3.13. The lowest BCUT2D eigenvalue weighted by molar-refractivity contribution is 0.144. The van der Waals surface area contributed by atoms with Crippen molar-refractivity contribution in [2.24, 2.45) is 0 Å². The molecule has 1 aliphatic rings. The number of hydrogen-bond acceptors (Lipinski definition) is 3. The first-order valence-electron chi connectivity index (χ1n) is 5.48. The van der Waals surface area contributed by atoms with Gasteiger partial charge in [-0.05, 0) is 31.4 Å². The SMILES string of the molecule is Oc1cccc(NC2CCCOCC2)c1. The van der Waals surface area contributed by atoms with Crippen molar-refractivity contribution in [2.75, 3.05) is 18.5 Å². The topological polar surface area (TPSA) is 41.5 Å². The average Bonchev–Trinajstić information content (AvgIpc) is 2.46. The van der Waals surface area contributed by atoms with E-state index < -0.39 is 0 Å². The summed E-state index contributed by atoms with van der Waals surface area (Å²) in [5.74, 6) is 0.310. The van der Waals surface area contributed by atoms with E-state index in [0.717, 1.165) is 38.2 Å². The van der Waals surface area contributed by atoms with Gasteiger partial charge in [-0.1, -0.05) is 6.07 Å². The van der Waals surface area contributed by atoms with Crippen LogP contribution >= 0.6 is 0 Å². The van der Waals surface area contributed by atoms with Gasteiger partial charge in [0.05, 0.1) is 0 Å². The molecule has 2 N–H and O–H groups in total. The van der Waals surface area contributed by atoms with Crippen molar-refractivity contribution in [3.8, 4) is 5.75 Å². The largest absolute Gasteiger partial charge is 0.508 e. The quantitative estimate of drug-likeness (QED) is 0.782. The maximum Gasteiger partial charge on any atom is 0.117 e. The predicted octanol–water partition coefficient (Wildman–Crippen LogP) is 2.37. The monoisotopic (exact) mass is 207 g/mol. The Morgan fingerprint density at radius 2 is 2.20 bits per heavy atom. The summed E-state index contributed by atoms with van der Waals surface area (Å²) in [4.78, 5) is 0. The fraction of sp³-hybridized carbons (Fsp3) is 0.500. The smallest absolute Gasteiger partial charge is 0.117 e. The van der Waals surface area contributed by atoms with Gasteiger partial charge in [0, 0.05) is 31.0 Å². The van der Waals surface area contributed by atoms with Crippen LogP contribution in [0.4, 0.5) is 5.69 Å². The molecule has 0 amide bonds. The zero-order valence-corrected chi connectivity index (χ0v) is 8.78. The number of nitrogens with one attached hydrogen (secondary N) is 1. The van der Waals surface area contributed by atoms with E-state index in [9.17, 15) is 5.11 Å². The van der Waals surface area contributed by atoms with Crippen LogP contribution in [0.3, 0.4) is 0 Å². The van der Waals surface area contributed by atoms with Crippen molar-refractivity contribution >= 4 is 5.69 Å². The lowest BCUT2D eigenvalue weighted by atomic mass is 10.1. The van der Waals surface area contributed by atoms with Gasteiger partial charge in [0.25, 0.3) is 0 Å². The van der Waals surface area contributed by atoms with E-state index in [4.69, 9.17) is 4.74 Å². The van der Waals surface area contributed by atoms with Gasteiger partial charge in [-0.3, -0.25) is 0 Å². The molecule has 0 spiro atoms. The molecule has 0 aromatic heterocycles. The van der Waals surface area contributed by atoms with Gasteiger partial charge in [-0.25, -0.2) is 0 Å². The lowest BCUT2D eigenvalue weighted by Crippen LogP contribution is -2.19. The Balaban J connectivity index is 1.95. The average molecular weight is 207 g/mol. The lowest BCUT2D eigenvalue weighted by Gasteiger charge is -2.16. The Hall–Kier alpha value is -1.22. The molecule has 15 heavy (non-hydrogen) atoms. The molecule has 0 radical (unpaired) electrons. The number of ether oxygens (including phenoxy) is 1. The molecule has 0 saturated carbocycles. The normalized spacial score (nSPS) is 22.0. The van der Waals surface area contributed by atoms with Crippen molar-refractivity contribution in [1.29, 1.82) is 0 Å². The maximum atomic E-state index is 9.33. The summed E-state index contributed by atoms with van der Waals surface area (Å²) in [6, 6.07) is 7.73. The molecule has 0 aliphatic carbocycles. The van der Waals surface area contributed by atoms with Crippen LogP contribution in [0.2, 0.25) is 0 Å². The second-order valence-electron chi connectivity index (χ2n) is 3.93. The summed E-state index contributed by atoms with van der Waals surface area (Å²) in [5.41, 5.74) is 0.988. The van der Waals surface area contributed by atoms with Gasteiger partial charge in [0.1, 0.15) is 5.75 Å². The zero-order valence-electron chi connectivity index (χ0n) is 8.78. The highest BCUT2D eigenvalue weighted by atomic mass is 16.5. The number of benzene rings is 1. The van der Waals surface area contributed by atoms with Crippen LogP contribution < -0.4 is 5.32 Å². The summed E-state index contributed by atoms with van der Waals surface area (Å²) < 4.78 is 5.40. The van der Waals surface area contributed by atoms with Crippen LogP contribution in [0.1, 0.15) is 19.3 Å². The summed E-state index contributed by atoms with van der Waals surface area (Å²) in [5, 5.41) is 12.8. The van der Waals surface area contributed by atoms with Crippen molar-refractivity contribution in [1.82, 2.24) is 0 Å². The predicted molar refractivity (Wildman–Crippen MR) is 60.2 cm³/mol. The van der Waals surface area contributed by atoms with E-state index in [2.05, 4.69) is 5.32 Å². The third-order valence-corrected chi connectivity index (χ3v) is 2.67. The number of anilines is 1. The molecule has 1 aromatic carbocycles. The molecule has 1 unspecified atom stereocenters. The third-order valence-electron chi connectivity index (χ3n) is 2.67. The second kappa shape index (κ2) is 5.03. The van der Waals surface area contributed by atoms with E-state index in [1.807, 2.05) is 12.1 Å². The number of phenols is 1. The molecule has 0 bridgehead atoms. The molecule has 82 valence electrons. The highest BCUT2D eigenvalue weighted by Gasteiger charge is 2.11. The number of rotatable bonds is 2. The summed E-state index contributed by atoms with van der Waals surface area (Å²) >= 11 is 0. The Kier molecular flexibility index (Phi) is 3.45. The maximum absolute atomic E-state index is 9.33. The summed E-state index contributed by atoms with van der Waals surface area (Å²) in [7, 11) is 0. The minimum atomic E-state index is 0.310. The van der Waals surface area contributed by atoms with Gasteiger partial charge >= 0.3 is 0 Å². The number of aromatic hydroxyl groups is 1. The van der Waals surface area contributed by atoms with Crippen LogP contribution in [-0.4, -0.2) is 24.4 Å². The van der Waals surface area contributed by atoms with Crippen LogP contribution in [-0.2, 0) is 4.74 Å². The van der Waals surface area contributed by atoms with Gasteiger partial charge in [0.2, 0.25) is 0 Å². The second-order valence-corrected chi connectivity index (χ2v) is 3.93. The molecular weight excluding hydrogens is 190 g/mol. The molecule has 1 aliphatic heterocycles. The van der Waals surface area contributed by atoms with Gasteiger partial charge < -0.3 is 15.2 Å². The molecular formula is C12H17NO2. The summed E-state index contributed by atoms with van der Waals surface area (Å²) in [6.07, 6.45) is 3.28. The van der Waals surface area contributed by atoms with E-state index in [0.29, 0.717) is 11.8 Å². The van der Waals surface area contributed by atoms with E-state index in [1.54, 1.807) is 12.1 Å². The van der Waals surface area contributed by atoms with E-state index >= 15 is 0 Å².